The predicted molar refractivity (Wildman–Crippen MR) is 118 cm³/mol. The molecule has 160 valence electrons. The van der Waals surface area contributed by atoms with Crippen molar-refractivity contribution in [2.24, 2.45) is 0 Å². The van der Waals surface area contributed by atoms with E-state index in [0.29, 0.717) is 29.4 Å². The van der Waals surface area contributed by atoms with Crippen LogP contribution in [0.1, 0.15) is 44.7 Å². The van der Waals surface area contributed by atoms with Gasteiger partial charge in [0.25, 0.3) is 5.69 Å². The number of benzene rings is 2. The Morgan fingerprint density at radius 1 is 1.19 bits per heavy atom. The van der Waals surface area contributed by atoms with Crippen LogP contribution in [0.25, 0.3) is 11.0 Å². The molecular formula is C23H24N4O4. The first-order valence-electron chi connectivity index (χ1n) is 10.4. The molecule has 4 rings (SSSR count). The van der Waals surface area contributed by atoms with Crippen LogP contribution < -0.4 is 5.32 Å². The Kier molecular flexibility index (Phi) is 5.70. The van der Waals surface area contributed by atoms with E-state index in [1.807, 2.05) is 28.8 Å². The van der Waals surface area contributed by atoms with Crippen molar-refractivity contribution in [2.75, 3.05) is 11.9 Å². The van der Waals surface area contributed by atoms with Gasteiger partial charge in [-0.1, -0.05) is 44.0 Å². The standard InChI is InChI=1S/C23H24N4O4/c1-3-4-9-14-31-22(28)20-15(2)24-23-25-17-11-6-8-13-19(17)26(23)21(20)16-10-5-7-12-18(16)27(29)30/h5-8,10-13,21H,3-4,9,14H2,1-2H3,(H,24,25). The smallest absolute Gasteiger partial charge is 0.338 e. The molecule has 8 nitrogen and oxygen atoms in total. The fourth-order valence-corrected chi connectivity index (χ4v) is 4.00. The highest BCUT2D eigenvalue weighted by atomic mass is 16.6. The first kappa shape index (κ1) is 20.6. The lowest BCUT2D eigenvalue weighted by atomic mass is 9.93. The molecule has 0 bridgehead atoms. The molecule has 8 heteroatoms. The average Bonchev–Trinajstić information content (AvgIpc) is 3.13. The summed E-state index contributed by atoms with van der Waals surface area (Å²) in [4.78, 5) is 29.2. The van der Waals surface area contributed by atoms with Crippen molar-refractivity contribution in [3.63, 3.8) is 0 Å². The second kappa shape index (κ2) is 8.59. The number of nitro benzene ring substituents is 1. The Labute approximate surface area is 179 Å². The second-order valence-electron chi connectivity index (χ2n) is 7.52. The number of carbonyl (C=O) groups excluding carboxylic acids is 1. The zero-order valence-corrected chi connectivity index (χ0v) is 17.5. The molecule has 3 aromatic rings. The Bertz CT molecular complexity index is 1180. The van der Waals surface area contributed by atoms with Gasteiger partial charge in [0, 0.05) is 11.8 Å². The van der Waals surface area contributed by atoms with Crippen molar-refractivity contribution < 1.29 is 14.5 Å². The summed E-state index contributed by atoms with van der Waals surface area (Å²) < 4.78 is 7.41. The number of fused-ring (bicyclic) bond motifs is 3. The lowest BCUT2D eigenvalue weighted by Crippen LogP contribution is -2.29. The lowest BCUT2D eigenvalue weighted by molar-refractivity contribution is -0.385. The highest BCUT2D eigenvalue weighted by Gasteiger charge is 2.38. The summed E-state index contributed by atoms with van der Waals surface area (Å²) in [6, 6.07) is 13.3. The van der Waals surface area contributed by atoms with Crippen molar-refractivity contribution in [1.82, 2.24) is 9.55 Å². The molecule has 0 radical (unpaired) electrons. The van der Waals surface area contributed by atoms with E-state index < -0.39 is 16.9 Å². The number of esters is 1. The summed E-state index contributed by atoms with van der Waals surface area (Å²) in [5, 5.41) is 15.0. The normalized spacial score (nSPS) is 15.5. The monoisotopic (exact) mass is 420 g/mol. The third-order valence-electron chi connectivity index (χ3n) is 5.46. The van der Waals surface area contributed by atoms with Crippen LogP contribution in [0.3, 0.4) is 0 Å². The van der Waals surface area contributed by atoms with E-state index >= 15 is 0 Å². The van der Waals surface area contributed by atoms with Crippen LogP contribution in [0.4, 0.5) is 11.6 Å². The maximum atomic E-state index is 13.2. The van der Waals surface area contributed by atoms with Crippen LogP contribution in [-0.4, -0.2) is 27.1 Å². The highest BCUT2D eigenvalue weighted by molar-refractivity contribution is 5.94. The van der Waals surface area contributed by atoms with Crippen LogP contribution in [-0.2, 0) is 9.53 Å². The number of hydrogen-bond acceptors (Lipinski definition) is 6. The van der Waals surface area contributed by atoms with Crippen LogP contribution in [0.2, 0.25) is 0 Å². The van der Waals surface area contributed by atoms with Gasteiger partial charge in [0.15, 0.2) is 0 Å². The topological polar surface area (TPSA) is 99.3 Å². The van der Waals surface area contributed by atoms with Gasteiger partial charge in [-0.15, -0.1) is 0 Å². The molecular weight excluding hydrogens is 396 g/mol. The molecule has 0 saturated heterocycles. The van der Waals surface area contributed by atoms with Crippen LogP contribution in [0.15, 0.2) is 59.8 Å². The van der Waals surface area contributed by atoms with Crippen LogP contribution in [0.5, 0.6) is 0 Å². The summed E-state index contributed by atoms with van der Waals surface area (Å²) in [6.45, 7) is 4.16. The van der Waals surface area contributed by atoms with E-state index in [1.165, 1.54) is 6.07 Å². The number of anilines is 1. The van der Waals surface area contributed by atoms with Gasteiger partial charge in [0.2, 0.25) is 5.95 Å². The van der Waals surface area contributed by atoms with E-state index in [0.717, 1.165) is 30.3 Å². The first-order chi connectivity index (χ1) is 15.0. The molecule has 1 aliphatic heterocycles. The number of aromatic nitrogens is 2. The lowest BCUT2D eigenvalue weighted by Gasteiger charge is -2.30. The highest BCUT2D eigenvalue weighted by Crippen LogP contribution is 2.42. The van der Waals surface area contributed by atoms with Gasteiger partial charge in [-0.3, -0.25) is 14.7 Å². The summed E-state index contributed by atoms with van der Waals surface area (Å²) >= 11 is 0. The van der Waals surface area contributed by atoms with Gasteiger partial charge in [0.05, 0.1) is 33.7 Å². The Morgan fingerprint density at radius 2 is 1.94 bits per heavy atom. The maximum Gasteiger partial charge on any atom is 0.338 e. The van der Waals surface area contributed by atoms with E-state index in [4.69, 9.17) is 4.74 Å². The fraction of sp³-hybridized carbons (Fsp3) is 0.304. The van der Waals surface area contributed by atoms with E-state index in [-0.39, 0.29) is 5.69 Å². The first-order valence-corrected chi connectivity index (χ1v) is 10.4. The minimum absolute atomic E-state index is 0.0535. The quantitative estimate of drug-likeness (QED) is 0.251. The van der Waals surface area contributed by atoms with Crippen molar-refractivity contribution in [3.05, 3.63) is 75.5 Å². The average molecular weight is 420 g/mol. The molecule has 0 fully saturated rings. The van der Waals surface area contributed by atoms with Crippen LogP contribution >= 0.6 is 0 Å². The summed E-state index contributed by atoms with van der Waals surface area (Å²) in [6.07, 6.45) is 2.76. The number of rotatable bonds is 7. The molecule has 1 aliphatic rings. The number of unbranched alkanes of at least 4 members (excludes halogenated alkanes) is 2. The number of nitro groups is 1. The fourth-order valence-electron chi connectivity index (χ4n) is 4.00. The molecule has 31 heavy (non-hydrogen) atoms. The number of nitrogens with zero attached hydrogens (tertiary/aromatic N) is 3. The van der Waals surface area contributed by atoms with Crippen molar-refractivity contribution >= 4 is 28.6 Å². The molecule has 1 unspecified atom stereocenters. The van der Waals surface area contributed by atoms with E-state index in [9.17, 15) is 14.9 Å². The Morgan fingerprint density at radius 3 is 2.71 bits per heavy atom. The number of allylic oxidation sites excluding steroid dienone is 1. The summed E-state index contributed by atoms with van der Waals surface area (Å²) in [5.41, 5.74) is 2.80. The van der Waals surface area contributed by atoms with E-state index in [1.54, 1.807) is 25.1 Å². The number of nitrogens with one attached hydrogen (secondary N) is 1. The number of imidazole rings is 1. The molecule has 0 aliphatic carbocycles. The number of carbonyl (C=O) groups is 1. The maximum absolute atomic E-state index is 13.2. The van der Waals surface area contributed by atoms with E-state index in [2.05, 4.69) is 17.2 Å². The minimum Gasteiger partial charge on any atom is -0.462 e. The molecule has 2 heterocycles. The third kappa shape index (κ3) is 3.76. The SMILES string of the molecule is CCCCCOC(=O)C1=C(C)Nc2nc3ccccc3n2C1c1ccccc1[N+](=O)[O-]. The largest absolute Gasteiger partial charge is 0.462 e. The van der Waals surface area contributed by atoms with Gasteiger partial charge < -0.3 is 10.1 Å². The molecule has 1 aromatic heterocycles. The Balaban J connectivity index is 1.88. The van der Waals surface area contributed by atoms with Gasteiger partial charge >= 0.3 is 5.97 Å². The summed E-state index contributed by atoms with van der Waals surface area (Å²) in [5.74, 6) is 0.0528. The predicted octanol–water partition coefficient (Wildman–Crippen LogP) is 4.97. The molecule has 2 aromatic carbocycles. The number of ether oxygens (including phenoxy) is 1. The molecule has 1 atom stereocenters. The van der Waals surface area contributed by atoms with Gasteiger partial charge in [-0.25, -0.2) is 9.78 Å². The zero-order chi connectivity index (χ0) is 22.0. The van der Waals surface area contributed by atoms with Crippen LogP contribution in [0, 0.1) is 10.1 Å². The van der Waals surface area contributed by atoms with Gasteiger partial charge in [-0.05, 0) is 31.5 Å². The van der Waals surface area contributed by atoms with Crippen molar-refractivity contribution in [1.29, 1.82) is 0 Å². The number of para-hydroxylation sites is 3. The molecule has 0 saturated carbocycles. The van der Waals surface area contributed by atoms with Gasteiger partial charge in [-0.2, -0.15) is 0 Å². The zero-order valence-electron chi connectivity index (χ0n) is 17.5. The van der Waals surface area contributed by atoms with Gasteiger partial charge in [0.1, 0.15) is 6.04 Å². The molecule has 1 N–H and O–H groups in total. The van der Waals surface area contributed by atoms with Crippen molar-refractivity contribution in [3.8, 4) is 0 Å². The number of hydrogen-bond donors (Lipinski definition) is 1. The van der Waals surface area contributed by atoms with Crippen molar-refractivity contribution in [2.45, 2.75) is 39.2 Å². The minimum atomic E-state index is -0.732. The summed E-state index contributed by atoms with van der Waals surface area (Å²) in [7, 11) is 0. The third-order valence-corrected chi connectivity index (χ3v) is 5.46. The second-order valence-corrected chi connectivity index (χ2v) is 7.52. The molecule has 0 amide bonds. The Hall–Kier alpha value is -3.68. The molecule has 0 spiro atoms.